The first-order valence-electron chi connectivity index (χ1n) is 13.4. The van der Waals surface area contributed by atoms with Gasteiger partial charge in [0.15, 0.2) is 0 Å². The van der Waals surface area contributed by atoms with Gasteiger partial charge in [0.25, 0.3) is 0 Å². The molecule has 1 aliphatic rings. The molecule has 9 heteroatoms. The molecule has 0 aromatic heterocycles. The maximum atomic E-state index is 12.9. The van der Waals surface area contributed by atoms with Gasteiger partial charge in [0.1, 0.15) is 0 Å². The molecule has 3 atom stereocenters. The highest BCUT2D eigenvalue weighted by Gasteiger charge is 2.31. The van der Waals surface area contributed by atoms with Crippen molar-refractivity contribution in [2.24, 2.45) is 5.92 Å². The lowest BCUT2D eigenvalue weighted by Crippen LogP contribution is -2.34. The summed E-state index contributed by atoms with van der Waals surface area (Å²) in [6.45, 7) is 1.91. The van der Waals surface area contributed by atoms with Gasteiger partial charge in [0, 0.05) is 41.4 Å². The van der Waals surface area contributed by atoms with Gasteiger partial charge in [-0.2, -0.15) is 0 Å². The van der Waals surface area contributed by atoms with Gasteiger partial charge in [-0.3, -0.25) is 14.4 Å². The second-order valence-electron chi connectivity index (χ2n) is 10.1. The fraction of sp³-hybridized carbons (Fsp3) is 0.290. The lowest BCUT2D eigenvalue weighted by Gasteiger charge is -2.18. The Bertz CT molecular complexity index is 1340. The number of carbonyl (C=O) groups is 4. The summed E-state index contributed by atoms with van der Waals surface area (Å²) in [6, 6.07) is 23.0. The summed E-state index contributed by atoms with van der Waals surface area (Å²) in [5.74, 6) is -1.94. The van der Waals surface area contributed by atoms with Crippen LogP contribution in [0.3, 0.4) is 0 Å². The molecule has 0 bridgehead atoms. The van der Waals surface area contributed by atoms with E-state index in [2.05, 4.69) is 21.3 Å². The van der Waals surface area contributed by atoms with Crippen LogP contribution in [0.5, 0.6) is 0 Å². The second-order valence-corrected chi connectivity index (χ2v) is 10.1. The molecule has 4 amide bonds. The van der Waals surface area contributed by atoms with Crippen molar-refractivity contribution in [1.29, 1.82) is 0 Å². The van der Waals surface area contributed by atoms with Gasteiger partial charge in [-0.1, -0.05) is 48.5 Å². The summed E-state index contributed by atoms with van der Waals surface area (Å²) >= 11 is 0. The second kappa shape index (κ2) is 13.4. The number of urea groups is 1. The summed E-state index contributed by atoms with van der Waals surface area (Å²) in [4.78, 5) is 49.2. The number of nitrogens with one attached hydrogen (secondary N) is 4. The van der Waals surface area contributed by atoms with Gasteiger partial charge >= 0.3 is 12.0 Å². The fourth-order valence-corrected chi connectivity index (χ4v) is 4.98. The normalized spacial score (nSPS) is 16.9. The molecule has 0 aliphatic heterocycles. The SMILES string of the molecule is Cc1ccccc1NC(=O)Nc1ccc(NC(=O)[C@@H]2CC[C@H](NC(=O)CC(CC(=O)O)c3ccccc3)C2)cc1. The van der Waals surface area contributed by atoms with E-state index in [1.807, 2.05) is 61.5 Å². The summed E-state index contributed by atoms with van der Waals surface area (Å²) in [6.07, 6.45) is 1.79. The van der Waals surface area contributed by atoms with Crippen molar-refractivity contribution in [3.63, 3.8) is 0 Å². The molecule has 208 valence electrons. The van der Waals surface area contributed by atoms with Crippen LogP contribution in [-0.4, -0.2) is 35.0 Å². The van der Waals surface area contributed by atoms with Crippen LogP contribution in [0.4, 0.5) is 21.9 Å². The molecule has 1 fully saturated rings. The predicted octanol–water partition coefficient (Wildman–Crippen LogP) is 5.51. The Labute approximate surface area is 233 Å². The third kappa shape index (κ3) is 8.17. The van der Waals surface area contributed by atoms with Crippen LogP contribution in [0.2, 0.25) is 0 Å². The molecule has 3 aromatic rings. The number of carboxylic acid groups (broad SMARTS) is 1. The van der Waals surface area contributed by atoms with Gasteiger partial charge in [0.05, 0.1) is 6.42 Å². The van der Waals surface area contributed by atoms with E-state index in [1.165, 1.54) is 0 Å². The summed E-state index contributed by atoms with van der Waals surface area (Å²) < 4.78 is 0. The molecule has 9 nitrogen and oxygen atoms in total. The molecule has 0 radical (unpaired) electrons. The number of para-hydroxylation sites is 1. The molecule has 3 aromatic carbocycles. The topological polar surface area (TPSA) is 137 Å². The predicted molar refractivity (Wildman–Crippen MR) is 154 cm³/mol. The number of anilines is 3. The highest BCUT2D eigenvalue weighted by molar-refractivity contribution is 6.00. The van der Waals surface area contributed by atoms with Crippen LogP contribution >= 0.6 is 0 Å². The summed E-state index contributed by atoms with van der Waals surface area (Å²) in [7, 11) is 0. The number of carbonyl (C=O) groups excluding carboxylic acids is 3. The monoisotopic (exact) mass is 542 g/mol. The van der Waals surface area contributed by atoms with Crippen LogP contribution in [0.1, 0.15) is 49.1 Å². The maximum absolute atomic E-state index is 12.9. The molecule has 0 spiro atoms. The largest absolute Gasteiger partial charge is 0.481 e. The van der Waals surface area contributed by atoms with E-state index in [-0.39, 0.29) is 42.6 Å². The first-order valence-corrected chi connectivity index (χ1v) is 13.4. The number of rotatable bonds is 10. The van der Waals surface area contributed by atoms with Crippen LogP contribution in [-0.2, 0) is 14.4 Å². The van der Waals surface area contributed by atoms with Gasteiger partial charge in [-0.05, 0) is 67.6 Å². The average Bonchev–Trinajstić information content (AvgIpc) is 3.39. The molecule has 0 heterocycles. The molecule has 1 saturated carbocycles. The third-order valence-corrected chi connectivity index (χ3v) is 7.10. The van der Waals surface area contributed by atoms with E-state index in [4.69, 9.17) is 0 Å². The molecular formula is C31H34N4O5. The Hall–Kier alpha value is -4.66. The molecular weight excluding hydrogens is 508 g/mol. The minimum Gasteiger partial charge on any atom is -0.481 e. The Balaban J connectivity index is 1.23. The standard InChI is InChI=1S/C31H34N4O5/c1-20-7-5-6-10-27(20)35-31(40)34-25-15-13-24(14-16-25)33-30(39)22-11-12-26(17-22)32-28(36)18-23(19-29(37)38)21-8-3-2-4-9-21/h2-10,13-16,22-23,26H,11-12,17-19H2,1H3,(H,32,36)(H,33,39)(H,37,38)(H2,34,35,40)/t22-,23?,26+/m1/s1. The van der Waals surface area contributed by atoms with E-state index in [0.29, 0.717) is 30.6 Å². The number of benzene rings is 3. The molecule has 40 heavy (non-hydrogen) atoms. The van der Waals surface area contributed by atoms with Crippen LogP contribution in [0.15, 0.2) is 78.9 Å². The minimum atomic E-state index is -0.950. The van der Waals surface area contributed by atoms with Crippen molar-refractivity contribution in [2.75, 3.05) is 16.0 Å². The minimum absolute atomic E-state index is 0.0764. The zero-order valence-corrected chi connectivity index (χ0v) is 22.4. The van der Waals surface area contributed by atoms with Crippen molar-refractivity contribution in [2.45, 2.75) is 51.0 Å². The summed E-state index contributed by atoms with van der Waals surface area (Å²) in [5, 5.41) is 20.8. The van der Waals surface area contributed by atoms with E-state index < -0.39 is 11.9 Å². The first kappa shape index (κ1) is 28.4. The van der Waals surface area contributed by atoms with Crippen molar-refractivity contribution in [1.82, 2.24) is 5.32 Å². The van der Waals surface area contributed by atoms with Crippen LogP contribution < -0.4 is 21.3 Å². The molecule has 1 aliphatic carbocycles. The van der Waals surface area contributed by atoms with Crippen molar-refractivity contribution in [3.8, 4) is 0 Å². The van der Waals surface area contributed by atoms with Gasteiger partial charge in [0.2, 0.25) is 11.8 Å². The Morgan fingerprint density at radius 2 is 1.45 bits per heavy atom. The number of carboxylic acids is 1. The van der Waals surface area contributed by atoms with E-state index >= 15 is 0 Å². The molecule has 1 unspecified atom stereocenters. The fourth-order valence-electron chi connectivity index (χ4n) is 4.98. The number of hydrogen-bond donors (Lipinski definition) is 5. The van der Waals surface area contributed by atoms with Crippen molar-refractivity contribution < 1.29 is 24.3 Å². The van der Waals surface area contributed by atoms with E-state index in [1.54, 1.807) is 24.3 Å². The Kier molecular flexibility index (Phi) is 9.51. The zero-order valence-electron chi connectivity index (χ0n) is 22.4. The molecule has 4 rings (SSSR count). The number of aryl methyl sites for hydroxylation is 1. The van der Waals surface area contributed by atoms with E-state index in [9.17, 15) is 24.3 Å². The highest BCUT2D eigenvalue weighted by Crippen LogP contribution is 2.29. The van der Waals surface area contributed by atoms with E-state index in [0.717, 1.165) is 16.8 Å². The van der Waals surface area contributed by atoms with Gasteiger partial charge in [-0.25, -0.2) is 4.79 Å². The Morgan fingerprint density at radius 1 is 0.800 bits per heavy atom. The average molecular weight is 543 g/mol. The number of hydrogen-bond acceptors (Lipinski definition) is 4. The zero-order chi connectivity index (χ0) is 28.5. The van der Waals surface area contributed by atoms with Crippen LogP contribution in [0, 0.1) is 12.8 Å². The summed E-state index contributed by atoms with van der Waals surface area (Å²) in [5.41, 5.74) is 3.70. The lowest BCUT2D eigenvalue weighted by molar-refractivity contribution is -0.137. The Morgan fingerprint density at radius 3 is 2.12 bits per heavy atom. The molecule has 0 saturated heterocycles. The molecule has 5 N–H and O–H groups in total. The quantitative estimate of drug-likeness (QED) is 0.230. The van der Waals surface area contributed by atoms with Crippen molar-refractivity contribution in [3.05, 3.63) is 90.0 Å². The van der Waals surface area contributed by atoms with Gasteiger partial charge < -0.3 is 26.4 Å². The maximum Gasteiger partial charge on any atom is 0.323 e. The smallest absolute Gasteiger partial charge is 0.323 e. The van der Waals surface area contributed by atoms with Crippen LogP contribution in [0.25, 0.3) is 0 Å². The van der Waals surface area contributed by atoms with Crippen molar-refractivity contribution >= 4 is 40.9 Å². The lowest BCUT2D eigenvalue weighted by atomic mass is 9.92. The number of aliphatic carboxylic acids is 1. The first-order chi connectivity index (χ1) is 19.3. The van der Waals surface area contributed by atoms with Gasteiger partial charge in [-0.15, -0.1) is 0 Å². The third-order valence-electron chi connectivity index (χ3n) is 7.10. The highest BCUT2D eigenvalue weighted by atomic mass is 16.4. The number of amides is 4.